The van der Waals surface area contributed by atoms with Crippen molar-refractivity contribution in [2.75, 3.05) is 36.9 Å². The minimum absolute atomic E-state index is 0.111. The number of hydrogen-bond donors (Lipinski definition) is 1. The normalized spacial score (nSPS) is 13.8. The Labute approximate surface area is 231 Å². The van der Waals surface area contributed by atoms with E-state index in [-0.39, 0.29) is 23.9 Å². The molecule has 10 nitrogen and oxygen atoms in total. The van der Waals surface area contributed by atoms with Crippen LogP contribution in [0.25, 0.3) is 0 Å². The van der Waals surface area contributed by atoms with Crippen molar-refractivity contribution >= 4 is 27.5 Å². The highest BCUT2D eigenvalue weighted by Gasteiger charge is 2.34. The number of rotatable bonds is 11. The molecule has 2 aromatic carbocycles. The summed E-state index contributed by atoms with van der Waals surface area (Å²) in [6.45, 7) is 9.31. The lowest BCUT2D eigenvalue weighted by atomic mass is 10.1. The van der Waals surface area contributed by atoms with E-state index in [2.05, 4.69) is 5.32 Å². The van der Waals surface area contributed by atoms with Gasteiger partial charge < -0.3 is 24.4 Å². The Kier molecular flexibility index (Phi) is 9.71. The van der Waals surface area contributed by atoms with Crippen LogP contribution in [0.15, 0.2) is 42.5 Å². The van der Waals surface area contributed by atoms with Crippen LogP contribution >= 0.6 is 0 Å². The molecule has 0 saturated carbocycles. The highest BCUT2D eigenvalue weighted by atomic mass is 32.2. The zero-order valence-corrected chi connectivity index (χ0v) is 24.3. The fourth-order valence-corrected chi connectivity index (χ4v) is 5.26. The summed E-state index contributed by atoms with van der Waals surface area (Å²) in [6, 6.07) is 11.1. The number of nitrogens with one attached hydrogen (secondary N) is 1. The average molecular weight is 562 g/mol. The number of carbonyl (C=O) groups is 2. The van der Waals surface area contributed by atoms with Crippen LogP contribution in [-0.4, -0.2) is 69.3 Å². The van der Waals surface area contributed by atoms with Crippen molar-refractivity contribution in [3.63, 3.8) is 0 Å². The summed E-state index contributed by atoms with van der Waals surface area (Å²) in [5.41, 5.74) is 0.545. The van der Waals surface area contributed by atoms with Crippen molar-refractivity contribution in [3.05, 3.63) is 48.0 Å². The monoisotopic (exact) mass is 561 g/mol. The topological polar surface area (TPSA) is 114 Å². The van der Waals surface area contributed by atoms with E-state index in [4.69, 9.17) is 14.2 Å². The van der Waals surface area contributed by atoms with Gasteiger partial charge in [-0.05, 0) is 63.9 Å². The van der Waals surface area contributed by atoms with E-state index >= 15 is 0 Å². The molecule has 0 fully saturated rings. The van der Waals surface area contributed by atoms with Crippen LogP contribution in [0.1, 0.15) is 46.6 Å². The molecule has 3 rings (SSSR count). The molecule has 1 aliphatic rings. The molecule has 2 aromatic rings. The first-order chi connectivity index (χ1) is 18.4. The summed E-state index contributed by atoms with van der Waals surface area (Å²) >= 11 is 0. The third-order valence-corrected chi connectivity index (χ3v) is 7.93. The molecule has 1 aliphatic heterocycles. The maximum absolute atomic E-state index is 13.9. The second kappa shape index (κ2) is 12.6. The second-order valence-corrected chi connectivity index (χ2v) is 12.5. The molecule has 1 heterocycles. The molecule has 11 heteroatoms. The number of anilines is 1. The van der Waals surface area contributed by atoms with E-state index in [1.807, 2.05) is 39.8 Å². The average Bonchev–Trinajstić information content (AvgIpc) is 2.90. The van der Waals surface area contributed by atoms with Gasteiger partial charge in [-0.2, -0.15) is 0 Å². The number of ether oxygens (including phenoxy) is 3. The number of sulfonamides is 1. The van der Waals surface area contributed by atoms with Crippen LogP contribution < -0.4 is 23.8 Å². The van der Waals surface area contributed by atoms with Gasteiger partial charge in [-0.25, -0.2) is 8.42 Å². The Balaban J connectivity index is 1.99. The summed E-state index contributed by atoms with van der Waals surface area (Å²) in [5, 5.41) is 2.96. The molecule has 214 valence electrons. The third-order valence-electron chi connectivity index (χ3n) is 6.19. The van der Waals surface area contributed by atoms with E-state index in [0.29, 0.717) is 36.9 Å². The third kappa shape index (κ3) is 7.78. The molecular weight excluding hydrogens is 522 g/mol. The lowest BCUT2D eigenvalue weighted by molar-refractivity contribution is -0.141. The minimum atomic E-state index is -3.86. The van der Waals surface area contributed by atoms with Crippen LogP contribution in [0.5, 0.6) is 17.2 Å². The summed E-state index contributed by atoms with van der Waals surface area (Å²) in [7, 11) is -2.29. The zero-order chi connectivity index (χ0) is 28.8. The van der Waals surface area contributed by atoms with Crippen molar-refractivity contribution in [3.8, 4) is 17.2 Å². The molecular formula is C28H39N3O7S. The summed E-state index contributed by atoms with van der Waals surface area (Å²) < 4.78 is 43.9. The van der Waals surface area contributed by atoms with E-state index < -0.39 is 34.1 Å². The Morgan fingerprint density at radius 3 is 2.23 bits per heavy atom. The van der Waals surface area contributed by atoms with Crippen LogP contribution in [-0.2, 0) is 26.2 Å². The van der Waals surface area contributed by atoms with E-state index in [1.165, 1.54) is 11.8 Å². The van der Waals surface area contributed by atoms with Gasteiger partial charge in [-0.3, -0.25) is 13.9 Å². The first-order valence-corrected chi connectivity index (χ1v) is 14.6. The van der Waals surface area contributed by atoms with Crippen molar-refractivity contribution in [1.29, 1.82) is 0 Å². The number of amides is 2. The quantitative estimate of drug-likeness (QED) is 0.448. The zero-order valence-electron chi connectivity index (χ0n) is 23.5. The van der Waals surface area contributed by atoms with Gasteiger partial charge in [0.05, 0.1) is 18.6 Å². The van der Waals surface area contributed by atoms with Gasteiger partial charge in [0, 0.05) is 18.2 Å². The number of hydrogen-bond acceptors (Lipinski definition) is 7. The molecule has 1 atom stereocenters. The molecule has 0 spiro atoms. The maximum Gasteiger partial charge on any atom is 0.244 e. The standard InChI is InChI=1S/C28H39N3O7S/c1-7-23(27(33)29-28(3,4)5)30(18-20-9-12-22(36-6)13-10-20)26(32)19-31(39(34,35)8-2)21-11-14-24-25(17-21)38-16-15-37-24/h9-14,17,23H,7-8,15-16,18-19H2,1-6H3,(H,29,33)/t23-/m1/s1. The molecule has 0 aromatic heterocycles. The summed E-state index contributed by atoms with van der Waals surface area (Å²) in [6.07, 6.45) is 0.342. The van der Waals surface area contributed by atoms with E-state index in [0.717, 1.165) is 9.87 Å². The Hall–Kier alpha value is -3.47. The number of carbonyl (C=O) groups excluding carboxylic acids is 2. The van der Waals surface area contributed by atoms with Crippen LogP contribution in [0.3, 0.4) is 0 Å². The molecule has 39 heavy (non-hydrogen) atoms. The molecule has 0 saturated heterocycles. The lowest BCUT2D eigenvalue weighted by Crippen LogP contribution is -2.55. The Morgan fingerprint density at radius 1 is 1.03 bits per heavy atom. The van der Waals surface area contributed by atoms with E-state index in [9.17, 15) is 18.0 Å². The highest BCUT2D eigenvalue weighted by molar-refractivity contribution is 7.92. The number of benzene rings is 2. The molecule has 0 bridgehead atoms. The number of fused-ring (bicyclic) bond motifs is 1. The SMILES string of the molecule is CC[C@H](C(=O)NC(C)(C)C)N(Cc1ccc(OC)cc1)C(=O)CN(c1ccc2c(c1)OCCO2)S(=O)(=O)CC. The predicted molar refractivity (Wildman–Crippen MR) is 150 cm³/mol. The number of nitrogens with zero attached hydrogens (tertiary/aromatic N) is 2. The first kappa shape index (κ1) is 30.1. The van der Waals surface area contributed by atoms with Gasteiger partial charge in [0.1, 0.15) is 31.5 Å². The highest BCUT2D eigenvalue weighted by Crippen LogP contribution is 2.35. The molecule has 0 unspecified atom stereocenters. The summed E-state index contributed by atoms with van der Waals surface area (Å²) in [4.78, 5) is 28.7. The molecule has 0 radical (unpaired) electrons. The lowest BCUT2D eigenvalue weighted by Gasteiger charge is -2.35. The maximum atomic E-state index is 13.9. The predicted octanol–water partition coefficient (Wildman–Crippen LogP) is 3.34. The molecule has 1 N–H and O–H groups in total. The van der Waals surface area contributed by atoms with Crippen molar-refractivity contribution in [1.82, 2.24) is 10.2 Å². The van der Waals surface area contributed by atoms with Crippen molar-refractivity contribution in [2.24, 2.45) is 0 Å². The van der Waals surface area contributed by atoms with Crippen LogP contribution in [0, 0.1) is 0 Å². The summed E-state index contributed by atoms with van der Waals surface area (Å²) in [5.74, 6) is 0.553. The molecule has 0 aliphatic carbocycles. The fourth-order valence-electron chi connectivity index (χ4n) is 4.21. The van der Waals surface area contributed by atoms with Crippen molar-refractivity contribution in [2.45, 2.75) is 59.2 Å². The van der Waals surface area contributed by atoms with Gasteiger partial charge in [-0.15, -0.1) is 0 Å². The number of methoxy groups -OCH3 is 1. The van der Waals surface area contributed by atoms with E-state index in [1.54, 1.807) is 37.4 Å². The Morgan fingerprint density at radius 2 is 1.67 bits per heavy atom. The van der Waals surface area contributed by atoms with Gasteiger partial charge in [0.15, 0.2) is 11.5 Å². The largest absolute Gasteiger partial charge is 0.497 e. The van der Waals surface area contributed by atoms with Gasteiger partial charge in [-0.1, -0.05) is 19.1 Å². The Bertz CT molecular complexity index is 1260. The second-order valence-electron chi connectivity index (χ2n) is 10.3. The van der Waals surface area contributed by atoms with Gasteiger partial charge in [0.2, 0.25) is 21.8 Å². The minimum Gasteiger partial charge on any atom is -0.497 e. The van der Waals surface area contributed by atoms with Crippen LogP contribution in [0.2, 0.25) is 0 Å². The fraction of sp³-hybridized carbons (Fsp3) is 0.500. The van der Waals surface area contributed by atoms with Crippen molar-refractivity contribution < 1.29 is 32.2 Å². The smallest absolute Gasteiger partial charge is 0.244 e. The first-order valence-electron chi connectivity index (χ1n) is 13.0. The molecule has 2 amide bonds. The van der Waals surface area contributed by atoms with Gasteiger partial charge in [0.25, 0.3) is 0 Å². The van der Waals surface area contributed by atoms with Crippen LogP contribution in [0.4, 0.5) is 5.69 Å². The van der Waals surface area contributed by atoms with Gasteiger partial charge >= 0.3 is 0 Å².